The van der Waals surface area contributed by atoms with Crippen LogP contribution in [0.3, 0.4) is 0 Å². The summed E-state index contributed by atoms with van der Waals surface area (Å²) in [5, 5.41) is 0.687. The second-order valence-corrected chi connectivity index (χ2v) is 7.55. The average Bonchev–Trinajstić information content (AvgIpc) is 3.09. The zero-order valence-corrected chi connectivity index (χ0v) is 19.8. The molecule has 0 N–H and O–H groups in total. The molecule has 33 heavy (non-hydrogen) atoms. The van der Waals surface area contributed by atoms with Gasteiger partial charge in [-0.2, -0.15) is 0 Å². The van der Waals surface area contributed by atoms with Crippen LogP contribution >= 0.6 is 0 Å². The van der Waals surface area contributed by atoms with Crippen LogP contribution in [-0.2, 0) is 14.3 Å². The standard InChI is InChI=1S/C26H31NO6/c1-6-15-32-25(28)18(5)33-21-13-14-23-22(16-21)24(26(29)31-8-3)17(4)27(23)19-9-11-20(12-10-19)30-7-2/h9-14,16,18H,6-8,15H2,1-5H3. The van der Waals surface area contributed by atoms with Crippen LogP contribution in [0.5, 0.6) is 11.5 Å². The van der Waals surface area contributed by atoms with Gasteiger partial charge < -0.3 is 23.5 Å². The van der Waals surface area contributed by atoms with Crippen LogP contribution in [0.25, 0.3) is 16.6 Å². The third kappa shape index (κ3) is 5.30. The number of nitrogens with zero attached hydrogens (tertiary/aromatic N) is 1. The fourth-order valence-corrected chi connectivity index (χ4v) is 3.70. The van der Waals surface area contributed by atoms with Crippen molar-refractivity contribution in [1.29, 1.82) is 0 Å². The van der Waals surface area contributed by atoms with E-state index in [2.05, 4.69) is 0 Å². The molecule has 0 aliphatic carbocycles. The van der Waals surface area contributed by atoms with Crippen LogP contribution in [0.1, 0.15) is 50.2 Å². The number of ether oxygens (including phenoxy) is 4. The second-order valence-electron chi connectivity index (χ2n) is 7.55. The highest BCUT2D eigenvalue weighted by Crippen LogP contribution is 2.33. The molecule has 0 aliphatic heterocycles. The summed E-state index contributed by atoms with van der Waals surface area (Å²) in [6, 6.07) is 13.1. The molecule has 3 rings (SSSR count). The smallest absolute Gasteiger partial charge is 0.347 e. The molecule has 1 aromatic heterocycles. The first-order valence-electron chi connectivity index (χ1n) is 11.3. The largest absolute Gasteiger partial charge is 0.494 e. The Morgan fingerprint density at radius 2 is 1.64 bits per heavy atom. The number of carbonyl (C=O) groups is 2. The van der Waals surface area contributed by atoms with E-state index in [9.17, 15) is 9.59 Å². The van der Waals surface area contributed by atoms with Crippen molar-refractivity contribution in [2.45, 2.75) is 47.1 Å². The van der Waals surface area contributed by atoms with Crippen LogP contribution < -0.4 is 9.47 Å². The molecular weight excluding hydrogens is 422 g/mol. The first-order chi connectivity index (χ1) is 15.9. The van der Waals surface area contributed by atoms with E-state index in [1.165, 1.54) is 0 Å². The topological polar surface area (TPSA) is 76.0 Å². The molecule has 7 heteroatoms. The normalized spacial score (nSPS) is 11.8. The summed E-state index contributed by atoms with van der Waals surface area (Å²) in [5.74, 6) is 0.418. The van der Waals surface area contributed by atoms with Gasteiger partial charge in [0.15, 0.2) is 6.10 Å². The van der Waals surface area contributed by atoms with E-state index in [1.807, 2.05) is 55.7 Å². The predicted molar refractivity (Wildman–Crippen MR) is 126 cm³/mol. The van der Waals surface area contributed by atoms with Gasteiger partial charge in [0.2, 0.25) is 0 Å². The van der Waals surface area contributed by atoms with Crippen molar-refractivity contribution >= 4 is 22.8 Å². The summed E-state index contributed by atoms with van der Waals surface area (Å²) in [6.07, 6.45) is -0.0274. The SMILES string of the molecule is CCCOC(=O)C(C)Oc1ccc2c(c1)c(C(=O)OCC)c(C)n2-c1ccc(OCC)cc1. The average molecular weight is 454 g/mol. The highest BCUT2D eigenvalue weighted by Gasteiger charge is 2.23. The number of rotatable bonds is 10. The molecule has 7 nitrogen and oxygen atoms in total. The van der Waals surface area contributed by atoms with Gasteiger partial charge in [-0.1, -0.05) is 6.92 Å². The van der Waals surface area contributed by atoms with Crippen LogP contribution in [0, 0.1) is 6.92 Å². The molecule has 2 aromatic carbocycles. The van der Waals surface area contributed by atoms with Crippen LogP contribution in [0.15, 0.2) is 42.5 Å². The molecule has 176 valence electrons. The third-order valence-electron chi connectivity index (χ3n) is 5.15. The van der Waals surface area contributed by atoms with E-state index in [4.69, 9.17) is 18.9 Å². The minimum atomic E-state index is -0.769. The Morgan fingerprint density at radius 3 is 2.27 bits per heavy atom. The van der Waals surface area contributed by atoms with Crippen molar-refractivity contribution in [3.8, 4) is 17.2 Å². The summed E-state index contributed by atoms with van der Waals surface area (Å²) >= 11 is 0. The molecule has 0 fully saturated rings. The Labute approximate surface area is 194 Å². The van der Waals surface area contributed by atoms with E-state index >= 15 is 0 Å². The quantitative estimate of drug-likeness (QED) is 0.391. The molecule has 0 saturated carbocycles. The van der Waals surface area contributed by atoms with E-state index in [0.29, 0.717) is 29.9 Å². The summed E-state index contributed by atoms with van der Waals surface area (Å²) in [4.78, 5) is 25.0. The summed E-state index contributed by atoms with van der Waals surface area (Å²) in [7, 11) is 0. The van der Waals surface area contributed by atoms with Crippen LogP contribution in [0.4, 0.5) is 0 Å². The third-order valence-corrected chi connectivity index (χ3v) is 5.15. The van der Waals surface area contributed by atoms with Gasteiger partial charge in [0.05, 0.1) is 30.9 Å². The van der Waals surface area contributed by atoms with Gasteiger partial charge in [0, 0.05) is 16.8 Å². The number of hydrogen-bond donors (Lipinski definition) is 0. The van der Waals surface area contributed by atoms with Crippen molar-refractivity contribution < 1.29 is 28.5 Å². The van der Waals surface area contributed by atoms with Gasteiger partial charge in [0.1, 0.15) is 11.5 Å². The van der Waals surface area contributed by atoms with Crippen LogP contribution in [0.2, 0.25) is 0 Å². The monoisotopic (exact) mass is 453 g/mol. The molecule has 0 amide bonds. The lowest BCUT2D eigenvalue weighted by molar-refractivity contribution is -0.151. The first-order valence-corrected chi connectivity index (χ1v) is 11.3. The molecule has 3 aromatic rings. The Balaban J connectivity index is 2.05. The lowest BCUT2D eigenvalue weighted by Gasteiger charge is -2.14. The van der Waals surface area contributed by atoms with Crippen LogP contribution in [-0.4, -0.2) is 42.4 Å². The number of aromatic nitrogens is 1. The summed E-state index contributed by atoms with van der Waals surface area (Å²) in [6.45, 7) is 10.4. The van der Waals surface area contributed by atoms with Gasteiger partial charge >= 0.3 is 11.9 Å². The fraction of sp³-hybridized carbons (Fsp3) is 0.385. The van der Waals surface area contributed by atoms with Gasteiger partial charge in [-0.15, -0.1) is 0 Å². The molecule has 0 aliphatic rings. The molecule has 1 atom stereocenters. The van der Waals surface area contributed by atoms with Gasteiger partial charge in [-0.3, -0.25) is 0 Å². The Morgan fingerprint density at radius 1 is 0.939 bits per heavy atom. The van der Waals surface area contributed by atoms with Gasteiger partial charge in [0.25, 0.3) is 0 Å². The van der Waals surface area contributed by atoms with Crippen molar-refractivity contribution in [2.24, 2.45) is 0 Å². The molecule has 0 spiro atoms. The number of hydrogen-bond acceptors (Lipinski definition) is 6. The maximum Gasteiger partial charge on any atom is 0.347 e. The predicted octanol–water partition coefficient (Wildman–Crippen LogP) is 5.23. The van der Waals surface area contributed by atoms with E-state index in [0.717, 1.165) is 29.1 Å². The Kier molecular flexibility index (Phi) is 7.98. The first kappa shape index (κ1) is 24.2. The highest BCUT2D eigenvalue weighted by molar-refractivity contribution is 6.07. The highest BCUT2D eigenvalue weighted by atomic mass is 16.6. The Bertz CT molecular complexity index is 1120. The lowest BCUT2D eigenvalue weighted by atomic mass is 10.1. The molecule has 0 radical (unpaired) electrons. The fourth-order valence-electron chi connectivity index (χ4n) is 3.70. The lowest BCUT2D eigenvalue weighted by Crippen LogP contribution is -2.26. The molecule has 1 heterocycles. The number of carbonyl (C=O) groups excluding carboxylic acids is 2. The maximum atomic E-state index is 12.9. The minimum Gasteiger partial charge on any atom is -0.494 e. The van der Waals surface area contributed by atoms with E-state index in [-0.39, 0.29) is 6.61 Å². The zero-order chi connectivity index (χ0) is 24.0. The van der Waals surface area contributed by atoms with E-state index < -0.39 is 18.0 Å². The van der Waals surface area contributed by atoms with Crippen molar-refractivity contribution in [3.63, 3.8) is 0 Å². The molecule has 0 bridgehead atoms. The molecular formula is C26H31NO6. The van der Waals surface area contributed by atoms with Gasteiger partial charge in [-0.25, -0.2) is 9.59 Å². The van der Waals surface area contributed by atoms with Crippen molar-refractivity contribution in [3.05, 3.63) is 53.7 Å². The Hall–Kier alpha value is -3.48. The van der Waals surface area contributed by atoms with E-state index in [1.54, 1.807) is 26.0 Å². The van der Waals surface area contributed by atoms with Gasteiger partial charge in [-0.05, 0) is 76.6 Å². The number of benzene rings is 2. The summed E-state index contributed by atoms with van der Waals surface area (Å²) < 4.78 is 23.9. The number of esters is 2. The second kappa shape index (κ2) is 10.9. The maximum absolute atomic E-state index is 12.9. The number of fused-ring (bicyclic) bond motifs is 1. The minimum absolute atomic E-state index is 0.268. The molecule has 1 unspecified atom stereocenters. The van der Waals surface area contributed by atoms with Crippen molar-refractivity contribution in [2.75, 3.05) is 19.8 Å². The summed E-state index contributed by atoms with van der Waals surface area (Å²) in [5.41, 5.74) is 2.93. The zero-order valence-electron chi connectivity index (χ0n) is 19.8. The van der Waals surface area contributed by atoms with Crippen molar-refractivity contribution in [1.82, 2.24) is 4.57 Å². The molecule has 0 saturated heterocycles.